The van der Waals surface area contributed by atoms with E-state index in [1.165, 1.54) is 5.56 Å². The van der Waals surface area contributed by atoms with Crippen molar-refractivity contribution in [1.82, 2.24) is 0 Å². The van der Waals surface area contributed by atoms with Crippen LogP contribution in [0.2, 0.25) is 0 Å². The van der Waals surface area contributed by atoms with E-state index in [4.69, 9.17) is 4.74 Å². The van der Waals surface area contributed by atoms with Gasteiger partial charge in [-0.2, -0.15) is 0 Å². The molecule has 84 valence electrons. The molecule has 1 aliphatic rings. The fraction of sp³-hybridized carbons (Fsp3) is 0.357. The van der Waals surface area contributed by atoms with Gasteiger partial charge in [0.05, 0.1) is 7.11 Å². The number of carbonyl (C=O) groups is 1. The van der Waals surface area contributed by atoms with E-state index in [0.29, 0.717) is 12.2 Å². The minimum Gasteiger partial charge on any atom is -0.496 e. The Balaban J connectivity index is 2.34. The quantitative estimate of drug-likeness (QED) is 0.726. The van der Waals surface area contributed by atoms with Gasteiger partial charge in [-0.1, -0.05) is 18.2 Å². The first kappa shape index (κ1) is 10.9. The minimum absolute atomic E-state index is 0.108. The second-order valence-corrected chi connectivity index (χ2v) is 4.17. The van der Waals surface area contributed by atoms with Crippen molar-refractivity contribution < 1.29 is 9.53 Å². The SMILES string of the molecule is C=CC[C@@H]1Cc2cccc(OC)c2CC1=O. The molecule has 16 heavy (non-hydrogen) atoms. The molecule has 0 saturated carbocycles. The maximum atomic E-state index is 11.9. The summed E-state index contributed by atoms with van der Waals surface area (Å²) in [7, 11) is 1.65. The Labute approximate surface area is 95.9 Å². The number of benzene rings is 1. The molecule has 0 N–H and O–H groups in total. The van der Waals surface area contributed by atoms with Gasteiger partial charge in [0.25, 0.3) is 0 Å². The van der Waals surface area contributed by atoms with Crippen LogP contribution in [0.5, 0.6) is 5.75 Å². The van der Waals surface area contributed by atoms with E-state index in [-0.39, 0.29) is 5.92 Å². The van der Waals surface area contributed by atoms with E-state index >= 15 is 0 Å². The van der Waals surface area contributed by atoms with Crippen LogP contribution in [0, 0.1) is 5.92 Å². The van der Waals surface area contributed by atoms with Crippen molar-refractivity contribution in [3.8, 4) is 5.75 Å². The number of ketones is 1. The van der Waals surface area contributed by atoms with Gasteiger partial charge in [0.1, 0.15) is 11.5 Å². The van der Waals surface area contributed by atoms with Crippen molar-refractivity contribution >= 4 is 5.78 Å². The Bertz CT molecular complexity index is 421. The van der Waals surface area contributed by atoms with Gasteiger partial charge in [-0.05, 0) is 24.5 Å². The van der Waals surface area contributed by atoms with Crippen LogP contribution in [0.15, 0.2) is 30.9 Å². The van der Waals surface area contributed by atoms with Crippen LogP contribution in [0.1, 0.15) is 17.5 Å². The first-order valence-corrected chi connectivity index (χ1v) is 5.54. The maximum absolute atomic E-state index is 11.9. The molecule has 0 heterocycles. The molecule has 0 bridgehead atoms. The van der Waals surface area contributed by atoms with Crippen LogP contribution >= 0.6 is 0 Å². The number of hydrogen-bond acceptors (Lipinski definition) is 2. The van der Waals surface area contributed by atoms with Crippen molar-refractivity contribution in [3.63, 3.8) is 0 Å². The van der Waals surface area contributed by atoms with Gasteiger partial charge < -0.3 is 4.74 Å². The lowest BCUT2D eigenvalue weighted by atomic mass is 9.81. The van der Waals surface area contributed by atoms with Gasteiger partial charge in [-0.3, -0.25) is 4.79 Å². The molecule has 2 heteroatoms. The van der Waals surface area contributed by atoms with E-state index in [0.717, 1.165) is 24.2 Å². The molecular formula is C14H16O2. The molecular weight excluding hydrogens is 200 g/mol. The van der Waals surface area contributed by atoms with Crippen molar-refractivity contribution in [3.05, 3.63) is 42.0 Å². The van der Waals surface area contributed by atoms with Crippen molar-refractivity contribution in [1.29, 1.82) is 0 Å². The van der Waals surface area contributed by atoms with Crippen LogP contribution < -0.4 is 4.74 Å². The molecule has 1 aliphatic carbocycles. The summed E-state index contributed by atoms with van der Waals surface area (Å²) in [5, 5.41) is 0. The standard InChI is InChI=1S/C14H16O2/c1-3-5-11-8-10-6-4-7-14(16-2)12(10)9-13(11)15/h3-4,6-7,11H,1,5,8-9H2,2H3/t11-/m1/s1. The van der Waals surface area contributed by atoms with Crippen LogP contribution in [-0.2, 0) is 17.6 Å². The summed E-state index contributed by atoms with van der Waals surface area (Å²) in [5.74, 6) is 1.25. The Morgan fingerprint density at radius 3 is 3.06 bits per heavy atom. The average Bonchev–Trinajstić information content (AvgIpc) is 2.30. The number of ether oxygens (including phenoxy) is 1. The highest BCUT2D eigenvalue weighted by Crippen LogP contribution is 2.31. The van der Waals surface area contributed by atoms with Crippen LogP contribution in [0.3, 0.4) is 0 Å². The van der Waals surface area contributed by atoms with E-state index in [2.05, 4.69) is 12.6 Å². The molecule has 0 radical (unpaired) electrons. The summed E-state index contributed by atoms with van der Waals surface area (Å²) in [6.45, 7) is 3.70. The molecule has 1 aromatic carbocycles. The van der Waals surface area contributed by atoms with Crippen LogP contribution in [0.25, 0.3) is 0 Å². The van der Waals surface area contributed by atoms with Crippen molar-refractivity contribution in [2.75, 3.05) is 7.11 Å². The maximum Gasteiger partial charge on any atom is 0.141 e. The van der Waals surface area contributed by atoms with Gasteiger partial charge in [0.2, 0.25) is 0 Å². The zero-order valence-electron chi connectivity index (χ0n) is 9.53. The monoisotopic (exact) mass is 216 g/mol. The summed E-state index contributed by atoms with van der Waals surface area (Å²) >= 11 is 0. The highest BCUT2D eigenvalue weighted by molar-refractivity contribution is 5.86. The van der Waals surface area contributed by atoms with Gasteiger partial charge in [0.15, 0.2) is 0 Å². The smallest absolute Gasteiger partial charge is 0.141 e. The van der Waals surface area contributed by atoms with Gasteiger partial charge >= 0.3 is 0 Å². The molecule has 2 nitrogen and oxygen atoms in total. The first-order valence-electron chi connectivity index (χ1n) is 5.54. The summed E-state index contributed by atoms with van der Waals surface area (Å²) in [5.41, 5.74) is 2.31. The Hall–Kier alpha value is -1.57. The third-order valence-corrected chi connectivity index (χ3v) is 3.17. The molecule has 2 rings (SSSR count). The number of rotatable bonds is 3. The van der Waals surface area contributed by atoms with Crippen LogP contribution in [0.4, 0.5) is 0 Å². The van der Waals surface area contributed by atoms with E-state index < -0.39 is 0 Å². The molecule has 1 atom stereocenters. The molecule has 0 aromatic heterocycles. The second-order valence-electron chi connectivity index (χ2n) is 4.17. The Kier molecular flexibility index (Phi) is 3.09. The highest BCUT2D eigenvalue weighted by Gasteiger charge is 2.26. The van der Waals surface area contributed by atoms with Crippen molar-refractivity contribution in [2.24, 2.45) is 5.92 Å². The first-order chi connectivity index (χ1) is 7.76. The Morgan fingerprint density at radius 1 is 1.56 bits per heavy atom. The molecule has 0 unspecified atom stereocenters. The zero-order chi connectivity index (χ0) is 11.5. The Morgan fingerprint density at radius 2 is 2.38 bits per heavy atom. The molecule has 0 saturated heterocycles. The highest BCUT2D eigenvalue weighted by atomic mass is 16.5. The topological polar surface area (TPSA) is 26.3 Å². The number of methoxy groups -OCH3 is 1. The lowest BCUT2D eigenvalue weighted by molar-refractivity contribution is -0.122. The third-order valence-electron chi connectivity index (χ3n) is 3.17. The summed E-state index contributed by atoms with van der Waals surface area (Å²) in [6.07, 6.45) is 3.92. The number of allylic oxidation sites excluding steroid dienone is 1. The predicted molar refractivity (Wildman–Crippen MR) is 63.7 cm³/mol. The number of hydrogen-bond donors (Lipinski definition) is 0. The van der Waals surface area contributed by atoms with Gasteiger partial charge in [0, 0.05) is 17.9 Å². The largest absolute Gasteiger partial charge is 0.496 e. The van der Waals surface area contributed by atoms with Gasteiger partial charge in [-0.15, -0.1) is 6.58 Å². The van der Waals surface area contributed by atoms with E-state index in [9.17, 15) is 4.79 Å². The zero-order valence-corrected chi connectivity index (χ0v) is 9.53. The number of Topliss-reactive ketones (excluding diaryl/α,β-unsaturated/α-hetero) is 1. The summed E-state index contributed by atoms with van der Waals surface area (Å²) < 4.78 is 5.28. The fourth-order valence-corrected chi connectivity index (χ4v) is 2.31. The molecule has 1 aromatic rings. The lowest BCUT2D eigenvalue weighted by Gasteiger charge is -2.24. The number of carbonyl (C=O) groups excluding carboxylic acids is 1. The average molecular weight is 216 g/mol. The minimum atomic E-state index is 0.108. The molecule has 0 spiro atoms. The van der Waals surface area contributed by atoms with Crippen molar-refractivity contribution in [2.45, 2.75) is 19.3 Å². The summed E-state index contributed by atoms with van der Waals surface area (Å²) in [6, 6.07) is 5.98. The third kappa shape index (κ3) is 1.87. The molecule has 0 fully saturated rings. The van der Waals surface area contributed by atoms with Crippen LogP contribution in [-0.4, -0.2) is 12.9 Å². The molecule has 0 amide bonds. The summed E-state index contributed by atoms with van der Waals surface area (Å²) in [4.78, 5) is 11.9. The number of fused-ring (bicyclic) bond motifs is 1. The second kappa shape index (κ2) is 4.52. The molecule has 0 aliphatic heterocycles. The normalized spacial score (nSPS) is 19.1. The van der Waals surface area contributed by atoms with Gasteiger partial charge in [-0.25, -0.2) is 0 Å². The van der Waals surface area contributed by atoms with E-state index in [1.54, 1.807) is 7.11 Å². The predicted octanol–water partition coefficient (Wildman–Crippen LogP) is 2.56. The lowest BCUT2D eigenvalue weighted by Crippen LogP contribution is -2.25. The van der Waals surface area contributed by atoms with E-state index in [1.807, 2.05) is 18.2 Å². The fourth-order valence-electron chi connectivity index (χ4n) is 2.31.